The fraction of sp³-hybridized carbons (Fsp3) is 0.462. The third kappa shape index (κ3) is 0.927. The molecule has 0 aliphatic heterocycles. The Kier molecular flexibility index (Phi) is 1.45. The van der Waals surface area contributed by atoms with Gasteiger partial charge in [-0.3, -0.25) is 4.79 Å². The van der Waals surface area contributed by atoms with Crippen LogP contribution >= 0.6 is 0 Å². The summed E-state index contributed by atoms with van der Waals surface area (Å²) in [7, 11) is 0. The topological polar surface area (TPSA) is 17.1 Å². The number of carbonyl (C=O) groups is 1. The van der Waals surface area contributed by atoms with Gasteiger partial charge in [0.2, 0.25) is 0 Å². The molecule has 72 valence electrons. The van der Waals surface area contributed by atoms with Gasteiger partial charge in [0, 0.05) is 11.0 Å². The quantitative estimate of drug-likeness (QED) is 0.609. The van der Waals surface area contributed by atoms with E-state index >= 15 is 0 Å². The summed E-state index contributed by atoms with van der Waals surface area (Å²) in [5, 5.41) is 0. The van der Waals surface area contributed by atoms with E-state index in [0.29, 0.717) is 5.78 Å². The lowest BCUT2D eigenvalue weighted by molar-refractivity contribution is 0.0879. The highest BCUT2D eigenvalue weighted by atomic mass is 16.1. The number of rotatable bonds is 0. The number of benzene rings is 1. The minimum absolute atomic E-state index is 0.0825. The largest absolute Gasteiger partial charge is 0.294 e. The van der Waals surface area contributed by atoms with Gasteiger partial charge in [-0.05, 0) is 43.7 Å². The highest BCUT2D eigenvalue weighted by molar-refractivity contribution is 6.05. The maximum atomic E-state index is 12.2. The van der Waals surface area contributed by atoms with Gasteiger partial charge in [-0.25, -0.2) is 0 Å². The maximum absolute atomic E-state index is 12.2. The van der Waals surface area contributed by atoms with E-state index in [4.69, 9.17) is 0 Å². The first-order valence-corrected chi connectivity index (χ1v) is 5.36. The van der Waals surface area contributed by atoms with Crippen LogP contribution in [0.5, 0.6) is 0 Å². The molecular formula is C13H14O. The first kappa shape index (κ1) is 8.22. The van der Waals surface area contributed by atoms with Gasteiger partial charge in [0.05, 0.1) is 0 Å². The molecule has 1 heteroatoms. The molecule has 0 unspecified atom stereocenters. The van der Waals surface area contributed by atoms with Crippen molar-refractivity contribution in [2.75, 3.05) is 0 Å². The zero-order chi connectivity index (χ0) is 9.76. The second-order valence-corrected chi connectivity index (χ2v) is 4.72. The van der Waals surface area contributed by atoms with Crippen LogP contribution in [-0.4, -0.2) is 5.78 Å². The molecule has 3 rings (SSSR count). The number of carbonyl (C=O) groups excluding carboxylic acids is 1. The molecule has 2 aliphatic carbocycles. The van der Waals surface area contributed by atoms with Crippen LogP contribution in [0.3, 0.4) is 0 Å². The van der Waals surface area contributed by atoms with Crippen molar-refractivity contribution in [1.29, 1.82) is 0 Å². The number of aryl methyl sites for hydroxylation is 2. The van der Waals surface area contributed by atoms with E-state index in [1.54, 1.807) is 0 Å². The van der Waals surface area contributed by atoms with Gasteiger partial charge >= 0.3 is 0 Å². The highest BCUT2D eigenvalue weighted by Crippen LogP contribution is 2.54. The molecule has 1 aromatic carbocycles. The maximum Gasteiger partial charge on any atom is 0.169 e. The first-order valence-electron chi connectivity index (χ1n) is 5.36. The van der Waals surface area contributed by atoms with Crippen molar-refractivity contribution in [1.82, 2.24) is 0 Å². The number of fused-ring (bicyclic) bond motifs is 1. The summed E-state index contributed by atoms with van der Waals surface area (Å²) in [5.41, 5.74) is 3.56. The van der Waals surface area contributed by atoms with E-state index in [2.05, 4.69) is 25.1 Å². The predicted molar refractivity (Wildman–Crippen MR) is 55.5 cm³/mol. The number of Topliss-reactive ketones (excluding diaryl/α,β-unsaturated/α-hetero) is 1. The molecule has 0 bridgehead atoms. The second kappa shape index (κ2) is 2.47. The average molecular weight is 186 g/mol. The predicted octanol–water partition coefficient (Wildman–Crippen LogP) is 2.90. The van der Waals surface area contributed by atoms with Crippen molar-refractivity contribution >= 4 is 5.78 Å². The van der Waals surface area contributed by atoms with Gasteiger partial charge in [-0.2, -0.15) is 0 Å². The first-order chi connectivity index (χ1) is 6.73. The monoisotopic (exact) mass is 186 g/mol. The van der Waals surface area contributed by atoms with Crippen molar-refractivity contribution in [2.24, 2.45) is 5.41 Å². The molecule has 0 heterocycles. The van der Waals surface area contributed by atoms with Crippen LogP contribution in [0.2, 0.25) is 0 Å². The molecule has 2 aliphatic rings. The van der Waals surface area contributed by atoms with E-state index in [9.17, 15) is 4.79 Å². The zero-order valence-electron chi connectivity index (χ0n) is 8.47. The lowest BCUT2D eigenvalue weighted by atomic mass is 9.78. The van der Waals surface area contributed by atoms with Gasteiger partial charge < -0.3 is 0 Å². The SMILES string of the molecule is Cc1cccc2c1C(=O)C1(CC2)CC1. The fourth-order valence-electron chi connectivity index (χ4n) is 2.64. The minimum Gasteiger partial charge on any atom is -0.294 e. The van der Waals surface area contributed by atoms with Crippen molar-refractivity contribution in [3.63, 3.8) is 0 Å². The molecule has 0 atom stereocenters. The summed E-state index contributed by atoms with van der Waals surface area (Å²) >= 11 is 0. The van der Waals surface area contributed by atoms with Gasteiger partial charge in [-0.1, -0.05) is 18.2 Å². The molecule has 0 saturated heterocycles. The van der Waals surface area contributed by atoms with Crippen molar-refractivity contribution in [2.45, 2.75) is 32.6 Å². The van der Waals surface area contributed by atoms with E-state index in [1.807, 2.05) is 0 Å². The van der Waals surface area contributed by atoms with Crippen molar-refractivity contribution in [3.05, 3.63) is 34.9 Å². The van der Waals surface area contributed by atoms with Crippen LogP contribution in [0.15, 0.2) is 18.2 Å². The Labute approximate surface area is 84.1 Å². The average Bonchev–Trinajstić information content (AvgIpc) is 2.93. The van der Waals surface area contributed by atoms with Crippen molar-refractivity contribution < 1.29 is 4.79 Å². The molecule has 0 aromatic heterocycles. The zero-order valence-corrected chi connectivity index (χ0v) is 8.47. The molecule has 0 radical (unpaired) electrons. The number of hydrogen-bond acceptors (Lipinski definition) is 1. The Bertz CT molecular complexity index is 413. The summed E-state index contributed by atoms with van der Waals surface area (Å²) in [6, 6.07) is 6.22. The Morgan fingerprint density at radius 1 is 1.21 bits per heavy atom. The molecular weight excluding hydrogens is 172 g/mol. The van der Waals surface area contributed by atoms with Crippen molar-refractivity contribution in [3.8, 4) is 0 Å². The molecule has 14 heavy (non-hydrogen) atoms. The molecule has 1 fully saturated rings. The summed E-state index contributed by atoms with van der Waals surface area (Å²) in [5.74, 6) is 0.428. The molecule has 0 amide bonds. The van der Waals surface area contributed by atoms with Gasteiger partial charge in [0.25, 0.3) is 0 Å². The van der Waals surface area contributed by atoms with E-state index < -0.39 is 0 Å². The summed E-state index contributed by atoms with van der Waals surface area (Å²) < 4.78 is 0. The molecule has 1 saturated carbocycles. The van der Waals surface area contributed by atoms with Gasteiger partial charge in [-0.15, -0.1) is 0 Å². The third-order valence-corrected chi connectivity index (χ3v) is 3.79. The molecule has 1 nitrogen and oxygen atoms in total. The lowest BCUT2D eigenvalue weighted by Gasteiger charge is -2.24. The summed E-state index contributed by atoms with van der Waals surface area (Å²) in [6.07, 6.45) is 4.43. The van der Waals surface area contributed by atoms with Crippen LogP contribution in [0.4, 0.5) is 0 Å². The van der Waals surface area contributed by atoms with Gasteiger partial charge in [0.1, 0.15) is 0 Å². The minimum atomic E-state index is 0.0825. The Morgan fingerprint density at radius 3 is 2.71 bits per heavy atom. The van der Waals surface area contributed by atoms with E-state index in [1.165, 1.54) is 11.1 Å². The second-order valence-electron chi connectivity index (χ2n) is 4.72. The highest BCUT2D eigenvalue weighted by Gasteiger charge is 2.51. The summed E-state index contributed by atoms with van der Waals surface area (Å²) in [4.78, 5) is 12.2. The smallest absolute Gasteiger partial charge is 0.169 e. The van der Waals surface area contributed by atoms with Crippen LogP contribution in [0, 0.1) is 12.3 Å². The van der Waals surface area contributed by atoms with Gasteiger partial charge in [0.15, 0.2) is 5.78 Å². The summed E-state index contributed by atoms with van der Waals surface area (Å²) in [6.45, 7) is 2.05. The van der Waals surface area contributed by atoms with Crippen LogP contribution in [0.25, 0.3) is 0 Å². The molecule has 0 N–H and O–H groups in total. The fourth-order valence-corrected chi connectivity index (χ4v) is 2.64. The van der Waals surface area contributed by atoms with Crippen LogP contribution < -0.4 is 0 Å². The molecule has 1 aromatic rings. The standard InChI is InChI=1S/C13H14O/c1-9-3-2-4-10-5-6-13(7-8-13)12(14)11(9)10/h2-4H,5-8H2,1H3. The van der Waals surface area contributed by atoms with E-state index in [-0.39, 0.29) is 5.41 Å². The van der Waals surface area contributed by atoms with E-state index in [0.717, 1.165) is 31.2 Å². The third-order valence-electron chi connectivity index (χ3n) is 3.79. The number of ketones is 1. The Morgan fingerprint density at radius 2 is 2.00 bits per heavy atom. The molecule has 1 spiro atoms. The van der Waals surface area contributed by atoms with Crippen LogP contribution in [-0.2, 0) is 6.42 Å². The lowest BCUT2D eigenvalue weighted by Crippen LogP contribution is -2.24. The number of hydrogen-bond donors (Lipinski definition) is 0. The Hall–Kier alpha value is -1.11. The van der Waals surface area contributed by atoms with Crippen LogP contribution in [0.1, 0.15) is 40.7 Å². The normalized spacial score (nSPS) is 22.2. The Balaban J connectivity index is 2.18.